The van der Waals surface area contributed by atoms with Crippen LogP contribution in [-0.4, -0.2) is 48.1 Å². The zero-order chi connectivity index (χ0) is 10.8. The molecule has 15 heavy (non-hydrogen) atoms. The zero-order valence-electron chi connectivity index (χ0n) is 9.70. The van der Waals surface area contributed by atoms with Crippen molar-refractivity contribution < 1.29 is 4.79 Å². The number of nitrogens with zero attached hydrogens (tertiary/aromatic N) is 2. The van der Waals surface area contributed by atoms with Crippen LogP contribution in [0.25, 0.3) is 0 Å². The summed E-state index contributed by atoms with van der Waals surface area (Å²) >= 11 is 0. The number of rotatable bonds is 3. The first-order valence-corrected chi connectivity index (χ1v) is 5.96. The van der Waals surface area contributed by atoms with E-state index in [0.29, 0.717) is 24.3 Å². The van der Waals surface area contributed by atoms with E-state index in [0.717, 1.165) is 26.2 Å². The van der Waals surface area contributed by atoms with E-state index in [9.17, 15) is 4.79 Å². The second kappa shape index (κ2) is 4.49. The highest BCUT2D eigenvalue weighted by atomic mass is 16.2. The van der Waals surface area contributed by atoms with Crippen molar-refractivity contribution in [2.45, 2.75) is 32.7 Å². The monoisotopic (exact) mass is 211 g/mol. The molecule has 2 saturated heterocycles. The minimum absolute atomic E-state index is 0.301. The third kappa shape index (κ3) is 2.32. The Kier molecular flexibility index (Phi) is 3.26. The van der Waals surface area contributed by atoms with E-state index in [1.165, 1.54) is 6.42 Å². The molecule has 0 aromatic rings. The molecule has 0 radical (unpaired) electrons. The predicted octanol–water partition coefficient (Wildman–Crippen LogP) is 0.454. The van der Waals surface area contributed by atoms with Gasteiger partial charge < -0.3 is 5.32 Å². The second-order valence-corrected chi connectivity index (χ2v) is 4.84. The van der Waals surface area contributed by atoms with Crippen molar-refractivity contribution in [3.8, 4) is 0 Å². The van der Waals surface area contributed by atoms with E-state index in [4.69, 9.17) is 0 Å². The van der Waals surface area contributed by atoms with Crippen molar-refractivity contribution >= 4 is 5.91 Å². The molecule has 1 atom stereocenters. The van der Waals surface area contributed by atoms with E-state index in [2.05, 4.69) is 24.2 Å². The van der Waals surface area contributed by atoms with Gasteiger partial charge in [-0.05, 0) is 39.3 Å². The Morgan fingerprint density at radius 3 is 2.93 bits per heavy atom. The van der Waals surface area contributed by atoms with Crippen LogP contribution in [0.4, 0.5) is 0 Å². The van der Waals surface area contributed by atoms with Gasteiger partial charge in [0.05, 0.1) is 0 Å². The largest absolute Gasteiger partial charge is 0.316 e. The number of hydrazine groups is 1. The second-order valence-electron chi connectivity index (χ2n) is 4.84. The van der Waals surface area contributed by atoms with Crippen molar-refractivity contribution in [3.63, 3.8) is 0 Å². The molecule has 1 N–H and O–H groups in total. The summed E-state index contributed by atoms with van der Waals surface area (Å²) in [7, 11) is 0. The molecule has 0 aromatic carbocycles. The number of amides is 1. The third-order valence-electron chi connectivity index (χ3n) is 3.34. The average Bonchev–Trinajstić information content (AvgIpc) is 2.78. The van der Waals surface area contributed by atoms with Gasteiger partial charge in [-0.2, -0.15) is 0 Å². The van der Waals surface area contributed by atoms with Gasteiger partial charge in [-0.3, -0.25) is 9.80 Å². The molecule has 2 fully saturated rings. The van der Waals surface area contributed by atoms with Crippen molar-refractivity contribution in [3.05, 3.63) is 0 Å². The Morgan fingerprint density at radius 1 is 1.53 bits per heavy atom. The van der Waals surface area contributed by atoms with Gasteiger partial charge >= 0.3 is 0 Å². The molecule has 86 valence electrons. The fraction of sp³-hybridized carbons (Fsp3) is 0.909. The van der Waals surface area contributed by atoms with E-state index in [-0.39, 0.29) is 0 Å². The summed E-state index contributed by atoms with van der Waals surface area (Å²) in [6, 6.07) is 0.436. The molecule has 0 aliphatic carbocycles. The van der Waals surface area contributed by atoms with Crippen LogP contribution in [0.3, 0.4) is 0 Å². The summed E-state index contributed by atoms with van der Waals surface area (Å²) in [5.41, 5.74) is 0. The first-order valence-electron chi connectivity index (χ1n) is 5.96. The highest BCUT2D eigenvalue weighted by molar-refractivity contribution is 5.77. The van der Waals surface area contributed by atoms with Crippen LogP contribution in [0.15, 0.2) is 0 Å². The third-order valence-corrected chi connectivity index (χ3v) is 3.34. The molecule has 0 aromatic heterocycles. The number of nitrogens with one attached hydrogen (secondary N) is 1. The molecule has 2 aliphatic rings. The number of carbonyl (C=O) groups is 1. The number of hydrogen-bond donors (Lipinski definition) is 1. The van der Waals surface area contributed by atoms with Gasteiger partial charge in [0.2, 0.25) is 5.91 Å². The molecule has 4 nitrogen and oxygen atoms in total. The molecule has 2 aliphatic heterocycles. The zero-order valence-corrected chi connectivity index (χ0v) is 9.70. The minimum atomic E-state index is 0.301. The Labute approximate surface area is 91.6 Å². The molecule has 1 amide bonds. The van der Waals surface area contributed by atoms with Crippen molar-refractivity contribution in [2.24, 2.45) is 5.92 Å². The standard InChI is InChI=1S/C11H21N3O/c1-9(2)13-6-4-11(15)14(13)8-10-3-5-12-7-10/h9-10,12H,3-8H2,1-2H3. The molecule has 0 bridgehead atoms. The molecule has 2 heterocycles. The van der Waals surface area contributed by atoms with Gasteiger partial charge in [-0.1, -0.05) is 0 Å². The molecule has 0 saturated carbocycles. The first-order chi connectivity index (χ1) is 7.18. The van der Waals surface area contributed by atoms with Crippen LogP contribution in [0.2, 0.25) is 0 Å². The van der Waals surface area contributed by atoms with Crippen LogP contribution in [-0.2, 0) is 4.79 Å². The van der Waals surface area contributed by atoms with Gasteiger partial charge in [-0.15, -0.1) is 0 Å². The SMILES string of the molecule is CC(C)N1CCC(=O)N1CC1CCNC1. The lowest BCUT2D eigenvalue weighted by Crippen LogP contribution is -2.45. The van der Waals surface area contributed by atoms with E-state index < -0.39 is 0 Å². The van der Waals surface area contributed by atoms with Gasteiger partial charge in [0.1, 0.15) is 0 Å². The lowest BCUT2D eigenvalue weighted by Gasteiger charge is -2.32. The summed E-state index contributed by atoms with van der Waals surface area (Å²) in [6.45, 7) is 8.28. The Balaban J connectivity index is 1.94. The summed E-state index contributed by atoms with van der Waals surface area (Å²) < 4.78 is 0. The molecular formula is C11H21N3O. The quantitative estimate of drug-likeness (QED) is 0.736. The van der Waals surface area contributed by atoms with Crippen LogP contribution in [0.5, 0.6) is 0 Å². The lowest BCUT2D eigenvalue weighted by molar-refractivity contribution is -0.141. The van der Waals surface area contributed by atoms with Gasteiger partial charge in [0, 0.05) is 25.6 Å². The van der Waals surface area contributed by atoms with E-state index in [1.54, 1.807) is 0 Å². The van der Waals surface area contributed by atoms with Crippen molar-refractivity contribution in [2.75, 3.05) is 26.2 Å². The van der Waals surface area contributed by atoms with Crippen LogP contribution in [0.1, 0.15) is 26.7 Å². The highest BCUT2D eigenvalue weighted by Gasteiger charge is 2.32. The topological polar surface area (TPSA) is 35.6 Å². The number of hydrogen-bond acceptors (Lipinski definition) is 3. The normalized spacial score (nSPS) is 28.3. The predicted molar refractivity (Wildman–Crippen MR) is 59.1 cm³/mol. The Hall–Kier alpha value is -0.610. The van der Waals surface area contributed by atoms with Gasteiger partial charge in [0.15, 0.2) is 0 Å². The molecular weight excluding hydrogens is 190 g/mol. The van der Waals surface area contributed by atoms with Crippen LogP contribution < -0.4 is 5.32 Å². The Morgan fingerprint density at radius 2 is 2.33 bits per heavy atom. The fourth-order valence-corrected chi connectivity index (χ4v) is 2.46. The fourth-order valence-electron chi connectivity index (χ4n) is 2.46. The molecule has 4 heteroatoms. The van der Waals surface area contributed by atoms with E-state index in [1.807, 2.05) is 5.01 Å². The molecule has 0 spiro atoms. The van der Waals surface area contributed by atoms with Gasteiger partial charge in [-0.25, -0.2) is 5.01 Å². The Bertz CT molecular complexity index is 236. The van der Waals surface area contributed by atoms with Crippen molar-refractivity contribution in [1.82, 2.24) is 15.3 Å². The summed E-state index contributed by atoms with van der Waals surface area (Å²) in [6.07, 6.45) is 1.90. The minimum Gasteiger partial charge on any atom is -0.316 e. The molecule has 2 rings (SSSR count). The first kappa shape index (κ1) is 10.9. The maximum atomic E-state index is 11.7. The summed E-state index contributed by atoms with van der Waals surface area (Å²) in [5, 5.41) is 7.53. The summed E-state index contributed by atoms with van der Waals surface area (Å²) in [4.78, 5) is 11.7. The average molecular weight is 211 g/mol. The number of carbonyl (C=O) groups excluding carboxylic acids is 1. The van der Waals surface area contributed by atoms with Gasteiger partial charge in [0.25, 0.3) is 0 Å². The maximum Gasteiger partial charge on any atom is 0.238 e. The lowest BCUT2D eigenvalue weighted by atomic mass is 10.1. The van der Waals surface area contributed by atoms with Crippen LogP contribution >= 0.6 is 0 Å². The van der Waals surface area contributed by atoms with Crippen molar-refractivity contribution in [1.29, 1.82) is 0 Å². The van der Waals surface area contributed by atoms with E-state index >= 15 is 0 Å². The summed E-state index contributed by atoms with van der Waals surface area (Å²) in [5.74, 6) is 0.948. The smallest absolute Gasteiger partial charge is 0.238 e. The molecule has 1 unspecified atom stereocenters. The maximum absolute atomic E-state index is 11.7. The van der Waals surface area contributed by atoms with Crippen LogP contribution in [0, 0.1) is 5.92 Å². The highest BCUT2D eigenvalue weighted by Crippen LogP contribution is 2.19.